The lowest BCUT2D eigenvalue weighted by atomic mass is 10.0. The Morgan fingerprint density at radius 2 is 1.59 bits per heavy atom. The molecule has 1 saturated heterocycles. The van der Waals surface area contributed by atoms with Gasteiger partial charge in [0.15, 0.2) is 0 Å². The van der Waals surface area contributed by atoms with E-state index in [9.17, 15) is 9.90 Å². The van der Waals surface area contributed by atoms with E-state index in [0.717, 1.165) is 61.7 Å². The minimum atomic E-state index is -0.0662. The molecule has 198 valence electrons. The van der Waals surface area contributed by atoms with Crippen LogP contribution < -0.4 is 9.62 Å². The number of carbonyl (C=O) groups is 1. The normalized spacial score (nSPS) is 15.5. The summed E-state index contributed by atoms with van der Waals surface area (Å²) in [7, 11) is 0. The molecule has 5 nitrogen and oxygen atoms in total. The Balaban J connectivity index is 1.11. The van der Waals surface area contributed by atoms with Crippen molar-refractivity contribution in [2.75, 3.05) is 31.1 Å². The second-order valence-corrected chi connectivity index (χ2v) is 10.6. The molecule has 3 aromatic carbocycles. The second kappa shape index (κ2) is 13.2. The number of benzene rings is 3. The van der Waals surface area contributed by atoms with E-state index in [1.165, 1.54) is 23.1 Å². The van der Waals surface area contributed by atoms with Crippen molar-refractivity contribution in [3.63, 3.8) is 0 Å². The van der Waals surface area contributed by atoms with Crippen LogP contribution in [0.5, 0.6) is 0 Å². The minimum absolute atomic E-state index is 0.0662. The Hall–Kier alpha value is -3.92. The first-order chi connectivity index (χ1) is 19.1. The second-order valence-electron chi connectivity index (χ2n) is 9.77. The Bertz CT molecular complexity index is 1400. The molecule has 1 heterocycles. The third kappa shape index (κ3) is 7.57. The molecule has 0 saturated carbocycles. The predicted molar refractivity (Wildman–Crippen MR) is 160 cm³/mol. The molecule has 1 amide bonds. The van der Waals surface area contributed by atoms with Crippen LogP contribution in [0.15, 0.2) is 102 Å². The molecule has 1 fully saturated rings. The van der Waals surface area contributed by atoms with Gasteiger partial charge in [0.25, 0.3) is 5.91 Å². The first-order valence-electron chi connectivity index (χ1n) is 13.4. The van der Waals surface area contributed by atoms with Crippen LogP contribution in [0.2, 0.25) is 0 Å². The lowest BCUT2D eigenvalue weighted by molar-refractivity contribution is 0.0984. The third-order valence-electron chi connectivity index (χ3n) is 7.01. The average molecular weight is 536 g/mol. The van der Waals surface area contributed by atoms with E-state index >= 15 is 0 Å². The zero-order valence-corrected chi connectivity index (χ0v) is 22.8. The summed E-state index contributed by atoms with van der Waals surface area (Å²) in [6.07, 6.45) is 5.11. The van der Waals surface area contributed by atoms with Crippen LogP contribution in [0.1, 0.15) is 39.9 Å². The molecular weight excluding hydrogens is 502 g/mol. The fourth-order valence-corrected chi connectivity index (χ4v) is 5.39. The molecule has 0 spiro atoms. The van der Waals surface area contributed by atoms with Crippen molar-refractivity contribution >= 4 is 23.5 Å². The number of aliphatic hydroxyl groups excluding tert-OH is 1. The summed E-state index contributed by atoms with van der Waals surface area (Å²) in [5.41, 5.74) is 6.38. The lowest BCUT2D eigenvalue weighted by Crippen LogP contribution is -2.46. The van der Waals surface area contributed by atoms with Crippen LogP contribution in [-0.2, 0) is 12.3 Å². The van der Waals surface area contributed by atoms with Gasteiger partial charge in [0.2, 0.25) is 0 Å². The molecule has 0 atom stereocenters. The summed E-state index contributed by atoms with van der Waals surface area (Å²) in [6, 6.07) is 26.4. The fraction of sp³-hybridized carbons (Fsp3) is 0.242. The van der Waals surface area contributed by atoms with Crippen LogP contribution in [0.25, 0.3) is 0 Å². The van der Waals surface area contributed by atoms with Gasteiger partial charge in [0.1, 0.15) is 0 Å². The van der Waals surface area contributed by atoms with Crippen molar-refractivity contribution in [2.45, 2.75) is 25.1 Å². The molecule has 0 radical (unpaired) electrons. The van der Waals surface area contributed by atoms with Gasteiger partial charge in [-0.1, -0.05) is 60.4 Å². The summed E-state index contributed by atoms with van der Waals surface area (Å²) in [5, 5.41) is 9.57. The number of anilines is 1. The van der Waals surface area contributed by atoms with Crippen LogP contribution >= 0.6 is 11.9 Å². The molecule has 0 aromatic heterocycles. The smallest absolute Gasteiger partial charge is 0.261 e. The van der Waals surface area contributed by atoms with Crippen molar-refractivity contribution in [1.29, 1.82) is 0 Å². The Labute approximate surface area is 235 Å². The van der Waals surface area contributed by atoms with Gasteiger partial charge in [-0.15, -0.1) is 0 Å². The molecule has 39 heavy (non-hydrogen) atoms. The number of nitrogens with one attached hydrogen (secondary N) is 1. The third-order valence-corrected chi connectivity index (χ3v) is 7.82. The lowest BCUT2D eigenvalue weighted by Gasteiger charge is -2.36. The van der Waals surface area contributed by atoms with E-state index in [4.69, 9.17) is 0 Å². The highest BCUT2D eigenvalue weighted by Crippen LogP contribution is 2.20. The fourth-order valence-electron chi connectivity index (χ4n) is 4.70. The number of carbonyl (C=O) groups excluding carboxylic acids is 1. The molecule has 6 heteroatoms. The van der Waals surface area contributed by atoms with E-state index in [2.05, 4.69) is 56.7 Å². The van der Waals surface area contributed by atoms with E-state index in [0.29, 0.717) is 17.7 Å². The van der Waals surface area contributed by atoms with Crippen molar-refractivity contribution in [3.8, 4) is 11.8 Å². The molecule has 1 aliphatic heterocycles. The number of hydrogen-bond donors (Lipinski definition) is 2. The van der Waals surface area contributed by atoms with Crippen molar-refractivity contribution < 1.29 is 9.90 Å². The zero-order valence-electron chi connectivity index (χ0n) is 22.0. The van der Waals surface area contributed by atoms with Gasteiger partial charge in [-0.3, -0.25) is 14.4 Å². The standard InChI is InChI=1S/C33H33N3O2S/c37-32-18-11-26(12-19-32)10-13-28-8-4-5-9-30(28)24-35-20-22-36(23-21-35)31-16-14-29(15-17-31)33(38)34-39-25-27-6-2-1-3-7-27/h1-9,11,14-18,37H,12,19-25H2,(H,34,38). The van der Waals surface area contributed by atoms with Gasteiger partial charge in [0.05, 0.1) is 5.76 Å². The van der Waals surface area contributed by atoms with E-state index in [1.807, 2.05) is 54.6 Å². The number of rotatable bonds is 7. The van der Waals surface area contributed by atoms with Crippen molar-refractivity contribution in [1.82, 2.24) is 9.62 Å². The molecule has 5 rings (SSSR count). The maximum atomic E-state index is 12.5. The molecule has 0 unspecified atom stereocenters. The SMILES string of the molecule is O=C(NSCc1ccccc1)c1ccc(N2CCN(Cc3ccccc3C#CC3=CC=C(O)CC3)CC2)cc1. The number of allylic oxidation sites excluding steroid dienone is 4. The number of nitrogens with zero attached hydrogens (tertiary/aromatic N) is 2. The van der Waals surface area contributed by atoms with Gasteiger partial charge in [0, 0.05) is 67.3 Å². The van der Waals surface area contributed by atoms with Crippen molar-refractivity contribution in [2.24, 2.45) is 0 Å². The van der Waals surface area contributed by atoms with E-state index < -0.39 is 0 Å². The van der Waals surface area contributed by atoms with E-state index in [1.54, 1.807) is 6.08 Å². The quantitative estimate of drug-likeness (QED) is 0.283. The van der Waals surface area contributed by atoms with Gasteiger partial charge in [-0.25, -0.2) is 0 Å². The highest BCUT2D eigenvalue weighted by molar-refractivity contribution is 7.97. The number of piperazine rings is 1. The van der Waals surface area contributed by atoms with Crippen molar-refractivity contribution in [3.05, 3.63) is 125 Å². The molecule has 0 bridgehead atoms. The Morgan fingerprint density at radius 3 is 2.33 bits per heavy atom. The summed E-state index contributed by atoms with van der Waals surface area (Å²) >= 11 is 1.42. The van der Waals surface area contributed by atoms with Crippen LogP contribution in [-0.4, -0.2) is 42.1 Å². The molecule has 1 aliphatic carbocycles. The minimum Gasteiger partial charge on any atom is -0.512 e. The number of amides is 1. The van der Waals surface area contributed by atoms with E-state index in [-0.39, 0.29) is 5.91 Å². The van der Waals surface area contributed by atoms with Gasteiger partial charge in [-0.2, -0.15) is 0 Å². The van der Waals surface area contributed by atoms with Crippen LogP contribution in [0.4, 0.5) is 5.69 Å². The Kier molecular flexibility index (Phi) is 9.05. The predicted octanol–water partition coefficient (Wildman–Crippen LogP) is 6.10. The summed E-state index contributed by atoms with van der Waals surface area (Å²) in [5.74, 6) is 7.75. The maximum Gasteiger partial charge on any atom is 0.261 e. The molecule has 3 aromatic rings. The average Bonchev–Trinajstić information content (AvgIpc) is 2.98. The van der Waals surface area contributed by atoms with Gasteiger partial charge in [-0.05, 0) is 72.0 Å². The van der Waals surface area contributed by atoms with Gasteiger partial charge >= 0.3 is 0 Å². The number of aliphatic hydroxyl groups is 1. The topological polar surface area (TPSA) is 55.8 Å². The number of hydrogen-bond acceptors (Lipinski definition) is 5. The monoisotopic (exact) mass is 535 g/mol. The highest BCUT2D eigenvalue weighted by atomic mass is 32.2. The first-order valence-corrected chi connectivity index (χ1v) is 14.3. The zero-order chi connectivity index (χ0) is 26.9. The molecule has 2 aliphatic rings. The Morgan fingerprint density at radius 1 is 0.846 bits per heavy atom. The summed E-state index contributed by atoms with van der Waals surface area (Å²) < 4.78 is 2.94. The summed E-state index contributed by atoms with van der Waals surface area (Å²) in [6.45, 7) is 4.69. The molecule has 2 N–H and O–H groups in total. The maximum absolute atomic E-state index is 12.5. The molecular formula is C33H33N3O2S. The van der Waals surface area contributed by atoms with Crippen LogP contribution in [0, 0.1) is 11.8 Å². The highest BCUT2D eigenvalue weighted by Gasteiger charge is 2.18. The largest absolute Gasteiger partial charge is 0.512 e. The first kappa shape index (κ1) is 26.7. The summed E-state index contributed by atoms with van der Waals surface area (Å²) in [4.78, 5) is 17.4. The van der Waals surface area contributed by atoms with Crippen LogP contribution in [0.3, 0.4) is 0 Å². The van der Waals surface area contributed by atoms with Gasteiger partial charge < -0.3 is 10.0 Å².